The maximum atomic E-state index is 13.8. The zero-order valence-electron chi connectivity index (χ0n) is 14.5. The molecule has 0 saturated heterocycles. The fraction of sp³-hybridized carbons (Fsp3) is 0.263. The number of aliphatic carboxylic acids is 1. The van der Waals surface area contributed by atoms with Crippen LogP contribution in [0.5, 0.6) is 0 Å². The Morgan fingerprint density at radius 3 is 2.41 bits per heavy atom. The third kappa shape index (κ3) is 7.18. The molecule has 0 atom stereocenters. The number of amides is 1. The summed E-state index contributed by atoms with van der Waals surface area (Å²) in [7, 11) is -3.59. The number of halogens is 1. The van der Waals surface area contributed by atoms with E-state index in [0.717, 1.165) is 11.6 Å². The normalized spacial score (nSPS) is 11.1. The van der Waals surface area contributed by atoms with E-state index in [4.69, 9.17) is 5.11 Å². The first-order chi connectivity index (χ1) is 12.7. The number of carboxylic acids is 1. The predicted molar refractivity (Wildman–Crippen MR) is 99.8 cm³/mol. The Bertz CT molecular complexity index is 913. The van der Waals surface area contributed by atoms with Crippen LogP contribution in [0.3, 0.4) is 0 Å². The van der Waals surface area contributed by atoms with Crippen LogP contribution in [-0.2, 0) is 32.3 Å². The molecule has 27 heavy (non-hydrogen) atoms. The fourth-order valence-electron chi connectivity index (χ4n) is 2.54. The quantitative estimate of drug-likeness (QED) is 0.682. The van der Waals surface area contributed by atoms with Crippen molar-refractivity contribution in [3.05, 3.63) is 65.5 Å². The maximum Gasteiger partial charge on any atom is 0.307 e. The first-order valence-electron chi connectivity index (χ1n) is 8.29. The summed E-state index contributed by atoms with van der Waals surface area (Å²) >= 11 is 0. The van der Waals surface area contributed by atoms with E-state index >= 15 is 0 Å². The second-order valence-corrected chi connectivity index (χ2v) is 8.29. The summed E-state index contributed by atoms with van der Waals surface area (Å²) in [4.78, 5) is 22.5. The van der Waals surface area contributed by atoms with Crippen molar-refractivity contribution < 1.29 is 27.5 Å². The lowest BCUT2D eigenvalue weighted by molar-refractivity contribution is -0.136. The molecule has 0 aromatic heterocycles. The van der Waals surface area contributed by atoms with Gasteiger partial charge in [-0.05, 0) is 36.1 Å². The highest BCUT2D eigenvalue weighted by Crippen LogP contribution is 2.15. The molecule has 0 aliphatic heterocycles. The summed E-state index contributed by atoms with van der Waals surface area (Å²) < 4.78 is 37.9. The average molecular weight is 393 g/mol. The van der Waals surface area contributed by atoms with Gasteiger partial charge in [0, 0.05) is 5.69 Å². The van der Waals surface area contributed by atoms with Crippen molar-refractivity contribution in [1.29, 1.82) is 0 Å². The minimum Gasteiger partial charge on any atom is -0.481 e. The van der Waals surface area contributed by atoms with Crippen LogP contribution in [0.2, 0.25) is 0 Å². The predicted octanol–water partition coefficient (Wildman–Crippen LogP) is 2.44. The molecule has 0 heterocycles. The van der Waals surface area contributed by atoms with Crippen LogP contribution in [0.25, 0.3) is 0 Å². The highest BCUT2D eigenvalue weighted by molar-refractivity contribution is 7.92. The van der Waals surface area contributed by atoms with Gasteiger partial charge < -0.3 is 10.4 Å². The Hall–Kier alpha value is -2.74. The lowest BCUT2D eigenvalue weighted by atomic mass is 10.1. The molecule has 0 fully saturated rings. The number of anilines is 1. The van der Waals surface area contributed by atoms with Gasteiger partial charge in [0.25, 0.3) is 0 Å². The van der Waals surface area contributed by atoms with Crippen LogP contribution in [0.1, 0.15) is 17.5 Å². The number of benzene rings is 2. The second-order valence-electron chi connectivity index (χ2n) is 6.11. The molecule has 0 saturated carbocycles. The minimum absolute atomic E-state index is 0.0194. The maximum absolute atomic E-state index is 13.8. The number of sulfone groups is 1. The van der Waals surface area contributed by atoms with Crippen LogP contribution < -0.4 is 5.32 Å². The molecule has 1 amide bonds. The van der Waals surface area contributed by atoms with E-state index in [1.807, 2.05) is 30.3 Å². The lowest BCUT2D eigenvalue weighted by Crippen LogP contribution is -2.25. The first-order valence-corrected chi connectivity index (χ1v) is 10.1. The van der Waals surface area contributed by atoms with Gasteiger partial charge in [-0.2, -0.15) is 0 Å². The van der Waals surface area contributed by atoms with Crippen molar-refractivity contribution in [2.45, 2.75) is 19.3 Å². The number of rotatable bonds is 9. The van der Waals surface area contributed by atoms with Crippen LogP contribution >= 0.6 is 0 Å². The molecular formula is C19H20FNO5S. The van der Waals surface area contributed by atoms with Gasteiger partial charge in [0.15, 0.2) is 9.84 Å². The van der Waals surface area contributed by atoms with Crippen molar-refractivity contribution in [3.8, 4) is 0 Å². The highest BCUT2D eigenvalue weighted by Gasteiger charge is 2.17. The highest BCUT2D eigenvalue weighted by atomic mass is 32.2. The standard InChI is InChI=1S/C19H20FNO5S/c20-17-12-16(9-8-15(17)11-19(23)24)21-18(22)13-27(25,26)10-4-7-14-5-2-1-3-6-14/h1-3,5-6,8-9,12H,4,7,10-11,13H2,(H,21,22)(H,23,24). The topological polar surface area (TPSA) is 101 Å². The smallest absolute Gasteiger partial charge is 0.307 e. The molecule has 144 valence electrons. The molecular weight excluding hydrogens is 373 g/mol. The third-order valence-corrected chi connectivity index (χ3v) is 5.41. The largest absolute Gasteiger partial charge is 0.481 e. The summed E-state index contributed by atoms with van der Waals surface area (Å²) in [5, 5.41) is 11.0. The molecule has 0 aliphatic rings. The molecule has 0 aliphatic carbocycles. The molecule has 2 aromatic rings. The summed E-state index contributed by atoms with van der Waals surface area (Å²) in [6, 6.07) is 13.0. The molecule has 2 rings (SSSR count). The van der Waals surface area contributed by atoms with Crippen LogP contribution in [0.4, 0.5) is 10.1 Å². The summed E-state index contributed by atoms with van der Waals surface area (Å²) in [6.45, 7) is 0. The number of carbonyl (C=O) groups excluding carboxylic acids is 1. The average Bonchev–Trinajstić information content (AvgIpc) is 2.57. The Kier molecular flexibility index (Phi) is 7.06. The van der Waals surface area contributed by atoms with Crippen LogP contribution in [-0.4, -0.2) is 36.9 Å². The SMILES string of the molecule is O=C(O)Cc1ccc(NC(=O)CS(=O)(=O)CCCc2ccccc2)cc1F. The van der Waals surface area contributed by atoms with E-state index in [0.29, 0.717) is 12.8 Å². The van der Waals surface area contributed by atoms with Gasteiger partial charge in [0.2, 0.25) is 5.91 Å². The van der Waals surface area contributed by atoms with Crippen molar-refractivity contribution in [2.24, 2.45) is 0 Å². The monoisotopic (exact) mass is 393 g/mol. The van der Waals surface area contributed by atoms with Gasteiger partial charge in [-0.1, -0.05) is 36.4 Å². The summed E-state index contributed by atoms with van der Waals surface area (Å²) in [6.07, 6.45) is 0.520. The zero-order valence-corrected chi connectivity index (χ0v) is 15.3. The second kappa shape index (κ2) is 9.27. The van der Waals surface area contributed by atoms with Gasteiger partial charge in [-0.3, -0.25) is 9.59 Å². The van der Waals surface area contributed by atoms with E-state index < -0.39 is 39.7 Å². The number of hydrogen-bond acceptors (Lipinski definition) is 4. The molecule has 6 nitrogen and oxygen atoms in total. The molecule has 2 N–H and O–H groups in total. The van der Waals surface area contributed by atoms with Crippen molar-refractivity contribution in [3.63, 3.8) is 0 Å². The first kappa shape index (κ1) is 20.6. The lowest BCUT2D eigenvalue weighted by Gasteiger charge is -2.08. The van der Waals surface area contributed by atoms with Gasteiger partial charge >= 0.3 is 5.97 Å². The number of aryl methyl sites for hydroxylation is 1. The Morgan fingerprint density at radius 2 is 1.78 bits per heavy atom. The van der Waals surface area contributed by atoms with E-state index in [2.05, 4.69) is 5.32 Å². The molecule has 0 unspecified atom stereocenters. The van der Waals surface area contributed by atoms with Gasteiger partial charge in [0.1, 0.15) is 11.6 Å². The number of carbonyl (C=O) groups is 2. The van der Waals surface area contributed by atoms with Crippen molar-refractivity contribution in [1.82, 2.24) is 0 Å². The van der Waals surface area contributed by atoms with Gasteiger partial charge in [0.05, 0.1) is 12.2 Å². The van der Waals surface area contributed by atoms with Crippen molar-refractivity contribution in [2.75, 3.05) is 16.8 Å². The molecule has 2 aromatic carbocycles. The Morgan fingerprint density at radius 1 is 1.07 bits per heavy atom. The van der Waals surface area contributed by atoms with E-state index in [-0.39, 0.29) is 17.0 Å². The molecule has 0 radical (unpaired) electrons. The van der Waals surface area contributed by atoms with Crippen LogP contribution in [0.15, 0.2) is 48.5 Å². The Labute approximate surface area is 157 Å². The molecule has 0 bridgehead atoms. The summed E-state index contributed by atoms with van der Waals surface area (Å²) in [5.41, 5.74) is 1.08. The Balaban J connectivity index is 1.86. The zero-order chi connectivity index (χ0) is 19.9. The fourth-order valence-corrected chi connectivity index (χ4v) is 3.74. The number of nitrogens with one attached hydrogen (secondary N) is 1. The molecule has 0 spiro atoms. The summed E-state index contributed by atoms with van der Waals surface area (Å²) in [5.74, 6) is -3.53. The van der Waals surface area contributed by atoms with E-state index in [9.17, 15) is 22.4 Å². The number of carboxylic acid groups (broad SMARTS) is 1. The third-order valence-electron chi connectivity index (χ3n) is 3.79. The van der Waals surface area contributed by atoms with Crippen LogP contribution in [0, 0.1) is 5.82 Å². The van der Waals surface area contributed by atoms with Crippen molar-refractivity contribution >= 4 is 27.4 Å². The number of hydrogen-bond donors (Lipinski definition) is 2. The van der Waals surface area contributed by atoms with E-state index in [1.54, 1.807) is 0 Å². The van der Waals surface area contributed by atoms with E-state index in [1.165, 1.54) is 12.1 Å². The van der Waals surface area contributed by atoms with Gasteiger partial charge in [-0.25, -0.2) is 12.8 Å². The minimum atomic E-state index is -3.59. The molecule has 8 heteroatoms. The van der Waals surface area contributed by atoms with Gasteiger partial charge in [-0.15, -0.1) is 0 Å².